The Balaban J connectivity index is 2.00. The molecule has 0 unspecified atom stereocenters. The molecule has 0 aromatic heterocycles. The van der Waals surface area contributed by atoms with Gasteiger partial charge in [-0.15, -0.1) is 0 Å². The third-order valence-electron chi connectivity index (χ3n) is 3.77. The number of hydrogen-bond acceptors (Lipinski definition) is 5. The van der Waals surface area contributed by atoms with E-state index in [1.807, 2.05) is 45.0 Å². The Morgan fingerprint density at radius 2 is 2.04 bits per heavy atom. The highest BCUT2D eigenvalue weighted by Gasteiger charge is 2.23. The second-order valence-electron chi connectivity index (χ2n) is 7.10. The van der Waals surface area contributed by atoms with Crippen molar-refractivity contribution in [1.29, 1.82) is 0 Å². The molecule has 0 spiro atoms. The second-order valence-corrected chi connectivity index (χ2v) is 7.10. The molecule has 0 aliphatic carbocycles. The molecule has 0 saturated carbocycles. The highest BCUT2D eigenvalue weighted by Crippen LogP contribution is 2.14. The van der Waals surface area contributed by atoms with Gasteiger partial charge in [0.15, 0.2) is 0 Å². The van der Waals surface area contributed by atoms with Gasteiger partial charge >= 0.3 is 6.09 Å². The van der Waals surface area contributed by atoms with E-state index in [1.165, 1.54) is 0 Å². The van der Waals surface area contributed by atoms with E-state index in [0.29, 0.717) is 18.8 Å². The zero-order chi connectivity index (χ0) is 17.6. The van der Waals surface area contributed by atoms with Crippen LogP contribution in [0.3, 0.4) is 0 Å². The number of rotatable bonds is 5. The van der Waals surface area contributed by atoms with Gasteiger partial charge in [0.05, 0.1) is 13.2 Å². The normalized spacial score (nSPS) is 16.0. The van der Waals surface area contributed by atoms with Crippen LogP contribution in [0.2, 0.25) is 0 Å². The summed E-state index contributed by atoms with van der Waals surface area (Å²) >= 11 is 0. The van der Waals surface area contributed by atoms with Crippen LogP contribution in [0.15, 0.2) is 24.3 Å². The van der Waals surface area contributed by atoms with Crippen LogP contribution in [-0.4, -0.2) is 60.9 Å². The van der Waals surface area contributed by atoms with Crippen LogP contribution >= 0.6 is 0 Å². The minimum atomic E-state index is -0.510. The predicted octanol–water partition coefficient (Wildman–Crippen LogP) is 2.34. The fourth-order valence-electron chi connectivity index (χ4n) is 2.56. The van der Waals surface area contributed by atoms with Crippen LogP contribution in [0.4, 0.5) is 10.5 Å². The van der Waals surface area contributed by atoms with E-state index in [0.717, 1.165) is 38.4 Å². The Labute approximate surface area is 144 Å². The maximum atomic E-state index is 12.6. The summed E-state index contributed by atoms with van der Waals surface area (Å²) in [5, 5.41) is 0. The lowest BCUT2D eigenvalue weighted by atomic mass is 10.2. The number of carbonyl (C=O) groups is 1. The molecule has 1 amide bonds. The van der Waals surface area contributed by atoms with Crippen molar-refractivity contribution in [2.45, 2.75) is 32.9 Å². The number of nitrogen functional groups attached to an aromatic ring is 1. The van der Waals surface area contributed by atoms with Gasteiger partial charge < -0.3 is 20.1 Å². The Bertz CT molecular complexity index is 537. The molecule has 2 N–H and O–H groups in total. The van der Waals surface area contributed by atoms with Crippen molar-refractivity contribution in [1.82, 2.24) is 9.80 Å². The highest BCUT2D eigenvalue weighted by atomic mass is 16.6. The van der Waals surface area contributed by atoms with Crippen molar-refractivity contribution in [2.24, 2.45) is 0 Å². The molecule has 0 atom stereocenters. The van der Waals surface area contributed by atoms with E-state index >= 15 is 0 Å². The first-order valence-corrected chi connectivity index (χ1v) is 8.46. The summed E-state index contributed by atoms with van der Waals surface area (Å²) in [4.78, 5) is 16.6. The lowest BCUT2D eigenvalue weighted by Crippen LogP contribution is -2.44. The number of amides is 1. The number of benzene rings is 1. The average Bonchev–Trinajstić information content (AvgIpc) is 2.50. The molecule has 0 radical (unpaired) electrons. The molecule has 24 heavy (non-hydrogen) atoms. The standard InChI is InChI=1S/C18H29N3O3/c1-18(2,3)24-17(22)21(8-7-20-9-11-23-12-10-20)14-15-5-4-6-16(19)13-15/h4-6,13H,7-12,14,19H2,1-3H3. The lowest BCUT2D eigenvalue weighted by molar-refractivity contribution is 0.0129. The molecule has 1 saturated heterocycles. The minimum Gasteiger partial charge on any atom is -0.444 e. The molecule has 1 aliphatic rings. The van der Waals surface area contributed by atoms with Gasteiger partial charge in [-0.1, -0.05) is 12.1 Å². The van der Waals surface area contributed by atoms with E-state index in [-0.39, 0.29) is 6.09 Å². The van der Waals surface area contributed by atoms with Gasteiger partial charge in [0.2, 0.25) is 0 Å². The summed E-state index contributed by atoms with van der Waals surface area (Å²) in [6, 6.07) is 7.61. The van der Waals surface area contributed by atoms with Crippen LogP contribution in [0.1, 0.15) is 26.3 Å². The maximum absolute atomic E-state index is 12.6. The fourth-order valence-corrected chi connectivity index (χ4v) is 2.56. The summed E-state index contributed by atoms with van der Waals surface area (Å²) in [6.07, 6.45) is -0.293. The van der Waals surface area contributed by atoms with Crippen molar-refractivity contribution in [3.05, 3.63) is 29.8 Å². The molecule has 1 aromatic carbocycles. The Kier molecular flexibility index (Phi) is 6.45. The van der Waals surface area contributed by atoms with Crippen LogP contribution in [-0.2, 0) is 16.0 Å². The summed E-state index contributed by atoms with van der Waals surface area (Å²) in [6.45, 7) is 10.9. The number of anilines is 1. The largest absolute Gasteiger partial charge is 0.444 e. The number of nitrogens with zero attached hydrogens (tertiary/aromatic N) is 2. The molecule has 1 aliphatic heterocycles. The van der Waals surface area contributed by atoms with Crippen LogP contribution in [0, 0.1) is 0 Å². The minimum absolute atomic E-state index is 0.293. The summed E-state index contributed by atoms with van der Waals surface area (Å²) in [5.74, 6) is 0. The number of morpholine rings is 1. The Morgan fingerprint density at radius 1 is 1.33 bits per heavy atom. The third kappa shape index (κ3) is 6.37. The number of nitrogens with two attached hydrogens (primary N) is 1. The van der Waals surface area contributed by atoms with Crippen LogP contribution < -0.4 is 5.73 Å². The molecular formula is C18H29N3O3. The van der Waals surface area contributed by atoms with E-state index in [1.54, 1.807) is 4.90 Å². The highest BCUT2D eigenvalue weighted by molar-refractivity contribution is 5.68. The fraction of sp³-hybridized carbons (Fsp3) is 0.611. The monoisotopic (exact) mass is 335 g/mol. The zero-order valence-electron chi connectivity index (χ0n) is 15.0. The quantitative estimate of drug-likeness (QED) is 0.837. The van der Waals surface area contributed by atoms with Crippen molar-refractivity contribution < 1.29 is 14.3 Å². The Morgan fingerprint density at radius 3 is 2.67 bits per heavy atom. The second kappa shape index (κ2) is 8.35. The molecule has 6 nitrogen and oxygen atoms in total. The molecule has 1 heterocycles. The maximum Gasteiger partial charge on any atom is 0.410 e. The van der Waals surface area contributed by atoms with Gasteiger partial charge in [-0.3, -0.25) is 4.90 Å². The predicted molar refractivity (Wildman–Crippen MR) is 94.8 cm³/mol. The van der Waals surface area contributed by atoms with Crippen LogP contribution in [0.25, 0.3) is 0 Å². The topological polar surface area (TPSA) is 68.0 Å². The molecule has 0 bridgehead atoms. The van der Waals surface area contributed by atoms with E-state index in [2.05, 4.69) is 4.90 Å². The van der Waals surface area contributed by atoms with E-state index in [4.69, 9.17) is 15.2 Å². The summed E-state index contributed by atoms with van der Waals surface area (Å²) in [5.41, 5.74) is 7.04. The van der Waals surface area contributed by atoms with Crippen molar-refractivity contribution in [3.8, 4) is 0 Å². The average molecular weight is 335 g/mol. The first-order chi connectivity index (χ1) is 11.3. The molecule has 134 valence electrons. The summed E-state index contributed by atoms with van der Waals surface area (Å²) < 4.78 is 10.9. The van der Waals surface area contributed by atoms with Crippen molar-refractivity contribution >= 4 is 11.8 Å². The zero-order valence-corrected chi connectivity index (χ0v) is 15.0. The third-order valence-corrected chi connectivity index (χ3v) is 3.77. The molecule has 1 fully saturated rings. The van der Waals surface area contributed by atoms with Gasteiger partial charge in [-0.05, 0) is 38.5 Å². The van der Waals surface area contributed by atoms with E-state index < -0.39 is 5.60 Å². The van der Waals surface area contributed by atoms with Gasteiger partial charge in [-0.2, -0.15) is 0 Å². The number of ether oxygens (including phenoxy) is 2. The SMILES string of the molecule is CC(C)(C)OC(=O)N(CCN1CCOCC1)Cc1cccc(N)c1. The van der Waals surface area contributed by atoms with Crippen LogP contribution in [0.5, 0.6) is 0 Å². The molecule has 6 heteroatoms. The summed E-state index contributed by atoms with van der Waals surface area (Å²) in [7, 11) is 0. The van der Waals surface area contributed by atoms with Crippen molar-refractivity contribution in [3.63, 3.8) is 0 Å². The smallest absolute Gasteiger partial charge is 0.410 e. The molecule has 1 aromatic rings. The first-order valence-electron chi connectivity index (χ1n) is 8.46. The molecular weight excluding hydrogens is 306 g/mol. The van der Waals surface area contributed by atoms with Gasteiger partial charge in [-0.25, -0.2) is 4.79 Å². The van der Waals surface area contributed by atoms with Gasteiger partial charge in [0.25, 0.3) is 0 Å². The first kappa shape index (κ1) is 18.5. The lowest BCUT2D eigenvalue weighted by Gasteiger charge is -2.31. The number of carbonyl (C=O) groups excluding carboxylic acids is 1. The number of hydrogen-bond donors (Lipinski definition) is 1. The van der Waals surface area contributed by atoms with E-state index in [9.17, 15) is 4.79 Å². The van der Waals surface area contributed by atoms with Crippen molar-refractivity contribution in [2.75, 3.05) is 45.1 Å². The van der Waals surface area contributed by atoms with Gasteiger partial charge in [0.1, 0.15) is 5.60 Å². The molecule has 2 rings (SSSR count). The Hall–Kier alpha value is -1.79. The van der Waals surface area contributed by atoms with Gasteiger partial charge in [0, 0.05) is 38.4 Å².